The molecule has 0 aromatic heterocycles. The normalized spacial score (nSPS) is 6.33. The van der Waals surface area contributed by atoms with Gasteiger partial charge in [0.2, 0.25) is 0 Å². The lowest BCUT2D eigenvalue weighted by molar-refractivity contribution is 2.36. The van der Waals surface area contributed by atoms with Crippen LogP contribution >= 0.6 is 0 Å². The van der Waals surface area contributed by atoms with Gasteiger partial charge in [-0.15, -0.1) is 0 Å². The smallest absolute Gasteiger partial charge is 0.0738 e. The maximum Gasteiger partial charge on any atom is 0.0738 e. The van der Waals surface area contributed by atoms with Crippen molar-refractivity contribution in [2.75, 3.05) is 0 Å². The SMILES string of the molecule is CBBBBC. The molecule has 0 aliphatic heterocycles. The molecule has 0 aromatic carbocycles. The van der Waals surface area contributed by atoms with Crippen molar-refractivity contribution in [2.24, 2.45) is 0 Å². The molecule has 0 radical (unpaired) electrons. The van der Waals surface area contributed by atoms with Crippen LogP contribution in [0.3, 0.4) is 0 Å². The summed E-state index contributed by atoms with van der Waals surface area (Å²) in [4.78, 5) is 0. The monoisotopic (exact) mass is 78.1 g/mol. The van der Waals surface area contributed by atoms with Crippen LogP contribution in [0.15, 0.2) is 0 Å². The summed E-state index contributed by atoms with van der Waals surface area (Å²) in [6.07, 6.45) is 0. The molecule has 0 N–H and O–H groups in total. The van der Waals surface area contributed by atoms with Gasteiger partial charge in [-0.2, -0.15) is 0 Å². The molecule has 0 aliphatic rings. The summed E-state index contributed by atoms with van der Waals surface area (Å²) in [6.45, 7) is 4.46. The van der Waals surface area contributed by atoms with E-state index in [9.17, 15) is 0 Å². The Kier molecular flexibility index (Phi) is 5.49. The molecule has 0 nitrogen and oxygen atoms in total. The molecule has 0 saturated heterocycles. The number of rotatable bonds is 3. The van der Waals surface area contributed by atoms with Crippen molar-refractivity contribution in [3.05, 3.63) is 0 Å². The second-order valence-electron chi connectivity index (χ2n) is 1.71. The standard InChI is InChI=1S/C2H10B4/c1-3-5-6-4-2/h3-6H,1-2H3. The van der Waals surface area contributed by atoms with E-state index in [2.05, 4.69) is 13.6 Å². The second-order valence-corrected chi connectivity index (χ2v) is 1.71. The van der Waals surface area contributed by atoms with Gasteiger partial charge in [0.05, 0.1) is 14.3 Å². The molecule has 0 atom stereocenters. The molecule has 0 saturated carbocycles. The zero-order valence-corrected chi connectivity index (χ0v) is 4.83. The Balaban J connectivity index is 2.34. The molecule has 0 rings (SSSR count). The van der Waals surface area contributed by atoms with Crippen molar-refractivity contribution in [2.45, 2.75) is 13.6 Å². The highest BCUT2D eigenvalue weighted by Crippen LogP contribution is 1.51. The van der Waals surface area contributed by atoms with Crippen LogP contribution in [0.1, 0.15) is 0 Å². The van der Waals surface area contributed by atoms with Crippen LogP contribution in [0.4, 0.5) is 0 Å². The van der Waals surface area contributed by atoms with Crippen molar-refractivity contribution in [3.63, 3.8) is 0 Å². The summed E-state index contributed by atoms with van der Waals surface area (Å²) in [5.41, 5.74) is 0. The Labute approximate surface area is 43.0 Å². The Morgan fingerprint density at radius 1 is 0.833 bits per heavy atom. The van der Waals surface area contributed by atoms with E-state index in [0.717, 1.165) is 0 Å². The van der Waals surface area contributed by atoms with Gasteiger partial charge in [0, 0.05) is 14.1 Å². The van der Waals surface area contributed by atoms with E-state index in [1.807, 2.05) is 0 Å². The van der Waals surface area contributed by atoms with E-state index in [0.29, 0.717) is 0 Å². The highest BCUT2D eigenvalue weighted by molar-refractivity contribution is 7.44. The lowest BCUT2D eigenvalue weighted by atomic mass is 9.09. The van der Waals surface area contributed by atoms with Crippen LogP contribution in [0, 0.1) is 0 Å². The molecular weight excluding hydrogens is 67.3 g/mol. The molecule has 0 spiro atoms. The zero-order chi connectivity index (χ0) is 4.83. The summed E-state index contributed by atoms with van der Waals surface area (Å²) in [6, 6.07) is 0. The summed E-state index contributed by atoms with van der Waals surface area (Å²) < 4.78 is 0. The molecule has 6 heavy (non-hydrogen) atoms. The minimum absolute atomic E-state index is 1.36. The minimum Gasteiger partial charge on any atom is -0.0966 e. The van der Waals surface area contributed by atoms with Gasteiger partial charge in [-0.05, 0) is 0 Å². The third-order valence-corrected chi connectivity index (χ3v) is 0.957. The van der Waals surface area contributed by atoms with Gasteiger partial charge < -0.3 is 0 Å². The van der Waals surface area contributed by atoms with Gasteiger partial charge in [-0.1, -0.05) is 13.6 Å². The molecule has 30 valence electrons. The van der Waals surface area contributed by atoms with Crippen molar-refractivity contribution < 1.29 is 0 Å². The molecule has 4 heteroatoms. The summed E-state index contributed by atoms with van der Waals surface area (Å²) in [7, 11) is 5.54. The molecule has 0 unspecified atom stereocenters. The molecule has 0 bridgehead atoms. The van der Waals surface area contributed by atoms with E-state index in [1.165, 1.54) is 28.5 Å². The Bertz CT molecular complexity index is 17.5. The van der Waals surface area contributed by atoms with Gasteiger partial charge in [-0.3, -0.25) is 0 Å². The van der Waals surface area contributed by atoms with Crippen molar-refractivity contribution >= 4 is 28.5 Å². The summed E-state index contributed by atoms with van der Waals surface area (Å²) in [5.74, 6) is 0. The molecule has 0 heterocycles. The third-order valence-electron chi connectivity index (χ3n) is 0.957. The fourth-order valence-electron chi connectivity index (χ4n) is 0.500. The first-order chi connectivity index (χ1) is 2.91. The number of hydrogen-bond acceptors (Lipinski definition) is 0. The van der Waals surface area contributed by atoms with Crippen molar-refractivity contribution in [3.8, 4) is 0 Å². The average Bonchev–Trinajstić information content (AvgIpc) is 1.61. The molecule has 0 aliphatic carbocycles. The summed E-state index contributed by atoms with van der Waals surface area (Å²) >= 11 is 0. The molecule has 0 fully saturated rings. The van der Waals surface area contributed by atoms with Gasteiger partial charge >= 0.3 is 0 Å². The van der Waals surface area contributed by atoms with Crippen LogP contribution in [0.25, 0.3) is 0 Å². The van der Waals surface area contributed by atoms with E-state index in [1.54, 1.807) is 0 Å². The number of hydrogen-bond donors (Lipinski definition) is 0. The van der Waals surface area contributed by atoms with E-state index in [-0.39, 0.29) is 0 Å². The first kappa shape index (κ1) is 6.26. The molecular formula is C2H10B4. The Hall–Kier alpha value is 0.260. The molecule has 0 aromatic rings. The van der Waals surface area contributed by atoms with Crippen LogP contribution in [0.5, 0.6) is 0 Å². The lowest BCUT2D eigenvalue weighted by Gasteiger charge is -1.76. The van der Waals surface area contributed by atoms with Crippen LogP contribution < -0.4 is 0 Å². The van der Waals surface area contributed by atoms with Crippen molar-refractivity contribution in [1.29, 1.82) is 0 Å². The predicted octanol–water partition coefficient (Wildman–Crippen LogP) is -1.43. The predicted molar refractivity (Wildman–Crippen MR) is 40.3 cm³/mol. The third kappa shape index (κ3) is 4.26. The fraction of sp³-hybridized carbons (Fsp3) is 1.00. The minimum atomic E-state index is 1.36. The van der Waals surface area contributed by atoms with E-state index < -0.39 is 0 Å². The van der Waals surface area contributed by atoms with E-state index in [4.69, 9.17) is 0 Å². The fourth-order valence-corrected chi connectivity index (χ4v) is 0.500. The highest BCUT2D eigenvalue weighted by Gasteiger charge is 1.85. The quantitative estimate of drug-likeness (QED) is 0.286. The second kappa shape index (κ2) is 5.26. The van der Waals surface area contributed by atoms with Gasteiger partial charge in [0.15, 0.2) is 0 Å². The van der Waals surface area contributed by atoms with Crippen LogP contribution in [-0.2, 0) is 0 Å². The maximum absolute atomic E-state index is 2.23. The first-order valence-electron chi connectivity index (χ1n) is 2.91. The zero-order valence-electron chi connectivity index (χ0n) is 4.83. The van der Waals surface area contributed by atoms with Gasteiger partial charge in [-0.25, -0.2) is 0 Å². The van der Waals surface area contributed by atoms with E-state index >= 15 is 0 Å². The lowest BCUT2D eigenvalue weighted by Crippen LogP contribution is -2.13. The van der Waals surface area contributed by atoms with Gasteiger partial charge in [0.25, 0.3) is 0 Å². The van der Waals surface area contributed by atoms with Crippen molar-refractivity contribution in [1.82, 2.24) is 0 Å². The van der Waals surface area contributed by atoms with Crippen LogP contribution in [-0.4, -0.2) is 28.5 Å². The Morgan fingerprint density at radius 2 is 1.17 bits per heavy atom. The Morgan fingerprint density at radius 3 is 1.33 bits per heavy atom. The average molecular weight is 77.4 g/mol. The molecule has 0 amide bonds. The summed E-state index contributed by atoms with van der Waals surface area (Å²) in [5, 5.41) is 0. The maximum atomic E-state index is 2.23. The largest absolute Gasteiger partial charge is 0.0966 e. The van der Waals surface area contributed by atoms with Crippen LogP contribution in [0.2, 0.25) is 13.6 Å². The topological polar surface area (TPSA) is 0 Å². The van der Waals surface area contributed by atoms with Gasteiger partial charge in [0.1, 0.15) is 0 Å². The highest BCUT2D eigenvalue weighted by atomic mass is 12.9. The first-order valence-corrected chi connectivity index (χ1v) is 2.91.